The number of aliphatic hydroxyl groups excluding tert-OH is 1. The van der Waals surface area contributed by atoms with E-state index in [-0.39, 0.29) is 5.91 Å². The molecule has 0 aromatic carbocycles. The van der Waals surface area contributed by atoms with E-state index in [2.05, 4.69) is 10.3 Å². The fourth-order valence-electron chi connectivity index (χ4n) is 1.55. The van der Waals surface area contributed by atoms with Crippen molar-refractivity contribution in [2.75, 3.05) is 20.3 Å². The van der Waals surface area contributed by atoms with Crippen LogP contribution in [0.3, 0.4) is 0 Å². The van der Waals surface area contributed by atoms with Gasteiger partial charge in [-0.3, -0.25) is 9.78 Å². The molecule has 5 heteroatoms. The van der Waals surface area contributed by atoms with Crippen LogP contribution in [0.5, 0.6) is 0 Å². The van der Waals surface area contributed by atoms with Gasteiger partial charge in [0.25, 0.3) is 0 Å². The largest absolute Gasteiger partial charge is 0.391 e. The summed E-state index contributed by atoms with van der Waals surface area (Å²) < 4.78 is 4.80. The summed E-state index contributed by atoms with van der Waals surface area (Å²) in [5.74, 6) is -0.0107. The Balaban J connectivity index is 2.11. The van der Waals surface area contributed by atoms with Crippen LogP contribution in [0.4, 0.5) is 0 Å². The van der Waals surface area contributed by atoms with E-state index >= 15 is 0 Å². The topological polar surface area (TPSA) is 71.5 Å². The molecule has 0 radical (unpaired) electrons. The number of aryl methyl sites for hydroxylation is 1. The first kappa shape index (κ1) is 14.6. The van der Waals surface area contributed by atoms with Gasteiger partial charge in [0.2, 0.25) is 5.91 Å². The van der Waals surface area contributed by atoms with Crippen LogP contribution in [0, 0.1) is 0 Å². The third-order valence-electron chi connectivity index (χ3n) is 2.52. The number of ether oxygens (including phenoxy) is 1. The first-order valence-electron chi connectivity index (χ1n) is 6.05. The lowest BCUT2D eigenvalue weighted by Crippen LogP contribution is -2.28. The zero-order valence-electron chi connectivity index (χ0n) is 10.6. The molecule has 0 saturated carbocycles. The van der Waals surface area contributed by atoms with E-state index in [0.29, 0.717) is 32.4 Å². The Morgan fingerprint density at radius 3 is 3.11 bits per heavy atom. The molecule has 2 N–H and O–H groups in total. The summed E-state index contributed by atoms with van der Waals surface area (Å²) in [5, 5.41) is 12.2. The summed E-state index contributed by atoms with van der Waals surface area (Å²) in [4.78, 5) is 15.5. The normalized spacial score (nSPS) is 12.1. The molecular formula is C13H20N2O3. The fourth-order valence-corrected chi connectivity index (χ4v) is 1.55. The molecule has 1 heterocycles. The lowest BCUT2D eigenvalue weighted by atomic mass is 10.1. The Kier molecular flexibility index (Phi) is 6.98. The molecule has 100 valence electrons. The average molecular weight is 252 g/mol. The van der Waals surface area contributed by atoms with Gasteiger partial charge in [0.05, 0.1) is 12.7 Å². The number of carbonyl (C=O) groups excluding carboxylic acids is 1. The Hall–Kier alpha value is -1.46. The molecule has 1 amide bonds. The Labute approximate surface area is 107 Å². The van der Waals surface area contributed by atoms with Gasteiger partial charge in [0, 0.05) is 32.5 Å². The number of carbonyl (C=O) groups is 1. The van der Waals surface area contributed by atoms with Crippen molar-refractivity contribution in [3.05, 3.63) is 30.1 Å². The minimum Gasteiger partial charge on any atom is -0.391 e. The monoisotopic (exact) mass is 252 g/mol. The van der Waals surface area contributed by atoms with Crippen LogP contribution in [-0.4, -0.2) is 42.4 Å². The van der Waals surface area contributed by atoms with Gasteiger partial charge in [0.1, 0.15) is 0 Å². The Morgan fingerprint density at radius 1 is 1.61 bits per heavy atom. The zero-order chi connectivity index (χ0) is 13.2. The maximum Gasteiger partial charge on any atom is 0.220 e. The molecule has 1 rings (SSSR count). The highest BCUT2D eigenvalue weighted by atomic mass is 16.5. The fraction of sp³-hybridized carbons (Fsp3) is 0.538. The van der Waals surface area contributed by atoms with Crippen molar-refractivity contribution >= 4 is 5.91 Å². The van der Waals surface area contributed by atoms with Crippen LogP contribution in [-0.2, 0) is 16.0 Å². The Bertz CT molecular complexity index is 343. The second-order valence-corrected chi connectivity index (χ2v) is 4.11. The second-order valence-electron chi connectivity index (χ2n) is 4.11. The smallest absolute Gasteiger partial charge is 0.220 e. The number of methoxy groups -OCH3 is 1. The second kappa shape index (κ2) is 8.60. The van der Waals surface area contributed by atoms with E-state index in [1.165, 1.54) is 7.11 Å². The summed E-state index contributed by atoms with van der Waals surface area (Å²) in [5.41, 5.74) is 1.05. The van der Waals surface area contributed by atoms with Crippen molar-refractivity contribution in [2.45, 2.75) is 25.4 Å². The average Bonchev–Trinajstić information content (AvgIpc) is 2.38. The summed E-state index contributed by atoms with van der Waals surface area (Å²) in [6.07, 6.45) is 4.57. The van der Waals surface area contributed by atoms with Gasteiger partial charge >= 0.3 is 0 Å². The van der Waals surface area contributed by atoms with Crippen molar-refractivity contribution in [2.24, 2.45) is 0 Å². The van der Waals surface area contributed by atoms with Crippen molar-refractivity contribution in [1.29, 1.82) is 0 Å². The first-order valence-corrected chi connectivity index (χ1v) is 6.05. The van der Waals surface area contributed by atoms with E-state index in [0.717, 1.165) is 5.56 Å². The lowest BCUT2D eigenvalue weighted by Gasteiger charge is -2.10. The highest BCUT2D eigenvalue weighted by molar-refractivity contribution is 5.76. The molecule has 0 aliphatic carbocycles. The van der Waals surface area contributed by atoms with Crippen molar-refractivity contribution in [1.82, 2.24) is 10.3 Å². The van der Waals surface area contributed by atoms with Gasteiger partial charge in [-0.15, -0.1) is 0 Å². The molecule has 0 fully saturated rings. The van der Waals surface area contributed by atoms with E-state index in [1.54, 1.807) is 12.4 Å². The van der Waals surface area contributed by atoms with Gasteiger partial charge in [-0.25, -0.2) is 0 Å². The molecule has 0 aliphatic heterocycles. The van der Waals surface area contributed by atoms with Gasteiger partial charge in [-0.05, 0) is 24.5 Å². The number of nitrogens with zero attached hydrogens (tertiary/aromatic N) is 1. The lowest BCUT2D eigenvalue weighted by molar-refractivity contribution is -0.121. The predicted molar refractivity (Wildman–Crippen MR) is 68.1 cm³/mol. The minimum absolute atomic E-state index is 0.0107. The van der Waals surface area contributed by atoms with Gasteiger partial charge < -0.3 is 15.2 Å². The number of hydrogen-bond donors (Lipinski definition) is 2. The summed E-state index contributed by atoms with van der Waals surface area (Å²) in [7, 11) is 1.54. The van der Waals surface area contributed by atoms with E-state index in [4.69, 9.17) is 4.74 Å². The number of aromatic nitrogens is 1. The highest BCUT2D eigenvalue weighted by Crippen LogP contribution is 2.00. The molecule has 0 saturated heterocycles. The molecule has 0 bridgehead atoms. The molecule has 18 heavy (non-hydrogen) atoms. The van der Waals surface area contributed by atoms with Crippen LogP contribution in [0.15, 0.2) is 24.5 Å². The number of amides is 1. The summed E-state index contributed by atoms with van der Waals surface area (Å²) in [6, 6.07) is 3.80. The SMILES string of the molecule is COCC(O)CCNC(=O)CCc1cccnc1. The molecule has 1 aromatic rings. The third-order valence-corrected chi connectivity index (χ3v) is 2.52. The van der Waals surface area contributed by atoms with Gasteiger partial charge in [-0.1, -0.05) is 6.07 Å². The van der Waals surface area contributed by atoms with Crippen molar-refractivity contribution in [3.8, 4) is 0 Å². The number of pyridine rings is 1. The van der Waals surface area contributed by atoms with Crippen LogP contribution < -0.4 is 5.32 Å². The van der Waals surface area contributed by atoms with Crippen LogP contribution in [0.25, 0.3) is 0 Å². The molecule has 0 spiro atoms. The summed E-state index contributed by atoms with van der Waals surface area (Å²) in [6.45, 7) is 0.766. The first-order chi connectivity index (χ1) is 8.72. The number of nitrogens with one attached hydrogen (secondary N) is 1. The minimum atomic E-state index is -0.520. The molecule has 1 aromatic heterocycles. The predicted octanol–water partition coefficient (Wildman–Crippen LogP) is 0.528. The summed E-state index contributed by atoms with van der Waals surface area (Å²) >= 11 is 0. The van der Waals surface area contributed by atoms with Crippen molar-refractivity contribution in [3.63, 3.8) is 0 Å². The van der Waals surface area contributed by atoms with Gasteiger partial charge in [-0.2, -0.15) is 0 Å². The molecule has 0 aliphatic rings. The van der Waals surface area contributed by atoms with Crippen molar-refractivity contribution < 1.29 is 14.6 Å². The Morgan fingerprint density at radius 2 is 2.44 bits per heavy atom. The number of hydrogen-bond acceptors (Lipinski definition) is 4. The van der Waals surface area contributed by atoms with Crippen LogP contribution in [0.2, 0.25) is 0 Å². The molecule has 1 unspecified atom stereocenters. The number of rotatable bonds is 8. The van der Waals surface area contributed by atoms with Crippen LogP contribution in [0.1, 0.15) is 18.4 Å². The number of aliphatic hydroxyl groups is 1. The maximum atomic E-state index is 11.5. The zero-order valence-corrected chi connectivity index (χ0v) is 10.6. The van der Waals surface area contributed by atoms with E-state index in [9.17, 15) is 9.90 Å². The third kappa shape index (κ3) is 6.32. The van der Waals surface area contributed by atoms with E-state index < -0.39 is 6.10 Å². The molecule has 1 atom stereocenters. The molecular weight excluding hydrogens is 232 g/mol. The van der Waals surface area contributed by atoms with Gasteiger partial charge in [0.15, 0.2) is 0 Å². The highest BCUT2D eigenvalue weighted by Gasteiger charge is 2.05. The standard InChI is InChI=1S/C13H20N2O3/c1-18-10-12(16)6-8-15-13(17)5-4-11-3-2-7-14-9-11/h2-3,7,9,12,16H,4-6,8,10H2,1H3,(H,15,17). The quantitative estimate of drug-likeness (QED) is 0.708. The van der Waals surface area contributed by atoms with E-state index in [1.807, 2.05) is 12.1 Å². The maximum absolute atomic E-state index is 11.5. The molecule has 5 nitrogen and oxygen atoms in total. The van der Waals surface area contributed by atoms with Crippen LogP contribution >= 0.6 is 0 Å².